The Labute approximate surface area is 158 Å². The van der Waals surface area contributed by atoms with Gasteiger partial charge in [0.1, 0.15) is 17.2 Å². The van der Waals surface area contributed by atoms with E-state index in [1.54, 1.807) is 17.6 Å². The Hall–Kier alpha value is -3.34. The number of nitrogens with one attached hydrogen (secondary N) is 1. The Morgan fingerprint density at radius 2 is 1.74 bits per heavy atom. The van der Waals surface area contributed by atoms with Gasteiger partial charge in [0.25, 0.3) is 5.56 Å². The Kier molecular flexibility index (Phi) is 5.71. The second kappa shape index (κ2) is 8.36. The number of anilines is 1. The van der Waals surface area contributed by atoms with E-state index in [1.807, 2.05) is 67.6 Å². The van der Waals surface area contributed by atoms with Gasteiger partial charge in [-0.05, 0) is 48.9 Å². The number of nitrogens with zero attached hydrogens (tertiary/aromatic N) is 1. The van der Waals surface area contributed by atoms with Crippen molar-refractivity contribution >= 4 is 11.6 Å². The van der Waals surface area contributed by atoms with Crippen LogP contribution >= 0.6 is 0 Å². The van der Waals surface area contributed by atoms with Gasteiger partial charge in [0.15, 0.2) is 0 Å². The van der Waals surface area contributed by atoms with Gasteiger partial charge in [-0.1, -0.05) is 37.3 Å². The Morgan fingerprint density at radius 3 is 2.48 bits per heavy atom. The lowest BCUT2D eigenvalue weighted by atomic mass is 10.2. The highest BCUT2D eigenvalue weighted by Crippen LogP contribution is 2.22. The van der Waals surface area contributed by atoms with Gasteiger partial charge in [-0.3, -0.25) is 9.59 Å². The molecule has 0 bridgehead atoms. The number of pyridine rings is 1. The maximum Gasteiger partial charge on any atom is 0.274 e. The van der Waals surface area contributed by atoms with Crippen LogP contribution < -0.4 is 15.6 Å². The number of hydrogen-bond donors (Lipinski definition) is 1. The summed E-state index contributed by atoms with van der Waals surface area (Å²) in [5, 5.41) is 2.66. The van der Waals surface area contributed by atoms with Crippen molar-refractivity contribution in [2.45, 2.75) is 26.8 Å². The van der Waals surface area contributed by atoms with Crippen LogP contribution in [0.3, 0.4) is 0 Å². The van der Waals surface area contributed by atoms with Crippen LogP contribution in [0.4, 0.5) is 5.69 Å². The first-order valence-corrected chi connectivity index (χ1v) is 8.89. The summed E-state index contributed by atoms with van der Waals surface area (Å²) in [6.07, 6.45) is 0.326. The highest BCUT2D eigenvalue weighted by Gasteiger charge is 2.10. The molecule has 5 heteroatoms. The Bertz CT molecular complexity index is 994. The summed E-state index contributed by atoms with van der Waals surface area (Å²) in [5.41, 5.74) is 1.84. The van der Waals surface area contributed by atoms with Gasteiger partial charge in [-0.15, -0.1) is 0 Å². The van der Waals surface area contributed by atoms with Crippen LogP contribution in [0.2, 0.25) is 0 Å². The van der Waals surface area contributed by atoms with Crippen LogP contribution in [0.5, 0.6) is 11.5 Å². The van der Waals surface area contributed by atoms with Gasteiger partial charge < -0.3 is 14.6 Å². The van der Waals surface area contributed by atoms with E-state index < -0.39 is 0 Å². The maximum atomic E-state index is 12.7. The molecular weight excluding hydrogens is 340 g/mol. The van der Waals surface area contributed by atoms with E-state index in [1.165, 1.54) is 0 Å². The third-order valence-electron chi connectivity index (χ3n) is 4.21. The van der Waals surface area contributed by atoms with Crippen molar-refractivity contribution in [1.29, 1.82) is 0 Å². The van der Waals surface area contributed by atoms with Crippen LogP contribution in [-0.4, -0.2) is 10.5 Å². The van der Waals surface area contributed by atoms with Gasteiger partial charge >= 0.3 is 0 Å². The molecule has 0 saturated heterocycles. The summed E-state index contributed by atoms with van der Waals surface area (Å²) in [4.78, 5) is 24.4. The average Bonchev–Trinajstić information content (AvgIpc) is 2.68. The van der Waals surface area contributed by atoms with Crippen molar-refractivity contribution in [2.24, 2.45) is 0 Å². The molecule has 3 rings (SSSR count). The van der Waals surface area contributed by atoms with Gasteiger partial charge in [-0.25, -0.2) is 0 Å². The zero-order chi connectivity index (χ0) is 19.2. The summed E-state index contributed by atoms with van der Waals surface area (Å²) in [5.74, 6) is 1.29. The van der Waals surface area contributed by atoms with Crippen molar-refractivity contribution in [3.05, 3.63) is 88.3 Å². The maximum absolute atomic E-state index is 12.7. The van der Waals surface area contributed by atoms with Crippen molar-refractivity contribution < 1.29 is 9.53 Å². The van der Waals surface area contributed by atoms with E-state index in [0.717, 1.165) is 17.0 Å². The lowest BCUT2D eigenvalue weighted by molar-refractivity contribution is -0.115. The quantitative estimate of drug-likeness (QED) is 0.709. The van der Waals surface area contributed by atoms with Gasteiger partial charge in [0.2, 0.25) is 5.91 Å². The predicted molar refractivity (Wildman–Crippen MR) is 106 cm³/mol. The fourth-order valence-electron chi connectivity index (χ4n) is 2.72. The number of carbonyl (C=O) groups excluding carboxylic acids is 1. The lowest BCUT2D eigenvalue weighted by Crippen LogP contribution is -2.27. The molecule has 5 nitrogen and oxygen atoms in total. The highest BCUT2D eigenvalue weighted by atomic mass is 16.5. The molecule has 0 aliphatic rings. The SMILES string of the molecule is CCC(=O)Nc1ccc(C)n(Cc2cccc(Oc3ccccc3)c2)c1=O. The van der Waals surface area contributed by atoms with Crippen molar-refractivity contribution in [3.63, 3.8) is 0 Å². The molecule has 2 aromatic carbocycles. The molecule has 0 unspecified atom stereocenters. The molecule has 27 heavy (non-hydrogen) atoms. The largest absolute Gasteiger partial charge is 0.457 e. The van der Waals surface area contributed by atoms with Crippen LogP contribution in [0, 0.1) is 6.92 Å². The first kappa shape index (κ1) is 18.5. The molecule has 0 saturated carbocycles. The molecular formula is C22H22N2O3. The van der Waals surface area contributed by atoms with Gasteiger partial charge in [0.05, 0.1) is 6.54 Å². The molecule has 1 amide bonds. The standard InChI is InChI=1S/C22H22N2O3/c1-3-21(25)23-20-13-12-16(2)24(22(20)26)15-17-8-7-11-19(14-17)27-18-9-5-4-6-10-18/h4-14H,3,15H2,1-2H3,(H,23,25). The summed E-state index contributed by atoms with van der Waals surface area (Å²) in [6.45, 7) is 4.02. The summed E-state index contributed by atoms with van der Waals surface area (Å²) >= 11 is 0. The molecule has 0 aliphatic carbocycles. The van der Waals surface area contributed by atoms with Gasteiger partial charge in [-0.2, -0.15) is 0 Å². The second-order valence-electron chi connectivity index (χ2n) is 6.24. The number of hydrogen-bond acceptors (Lipinski definition) is 3. The van der Waals surface area contributed by atoms with Crippen LogP contribution in [0.1, 0.15) is 24.6 Å². The number of carbonyl (C=O) groups is 1. The van der Waals surface area contributed by atoms with Crippen LogP contribution in [0.15, 0.2) is 71.5 Å². The third-order valence-corrected chi connectivity index (χ3v) is 4.21. The molecule has 138 valence electrons. The number of rotatable bonds is 6. The summed E-state index contributed by atoms with van der Waals surface area (Å²) in [7, 11) is 0. The predicted octanol–water partition coefficient (Wildman–Crippen LogP) is 4.35. The number of aromatic nitrogens is 1. The van der Waals surface area contributed by atoms with E-state index in [0.29, 0.717) is 24.4 Å². The second-order valence-corrected chi connectivity index (χ2v) is 6.24. The third kappa shape index (κ3) is 4.64. The average molecular weight is 362 g/mol. The van der Waals surface area contributed by atoms with E-state index in [4.69, 9.17) is 4.74 Å². The molecule has 0 atom stereocenters. The molecule has 1 N–H and O–H groups in total. The molecule has 0 spiro atoms. The molecule has 0 fully saturated rings. The number of amides is 1. The first-order chi connectivity index (χ1) is 13.1. The van der Waals surface area contributed by atoms with Gasteiger partial charge in [0, 0.05) is 12.1 Å². The zero-order valence-corrected chi connectivity index (χ0v) is 15.4. The number of para-hydroxylation sites is 1. The van der Waals surface area contributed by atoms with E-state index >= 15 is 0 Å². The van der Waals surface area contributed by atoms with Crippen molar-refractivity contribution in [2.75, 3.05) is 5.32 Å². The Balaban J connectivity index is 1.85. The van der Waals surface area contributed by atoms with Crippen molar-refractivity contribution in [3.8, 4) is 11.5 Å². The molecule has 1 heterocycles. The minimum atomic E-state index is -0.216. The Morgan fingerprint density at radius 1 is 1.00 bits per heavy atom. The number of benzene rings is 2. The molecule has 0 aliphatic heterocycles. The van der Waals surface area contributed by atoms with E-state index in [2.05, 4.69) is 5.32 Å². The number of ether oxygens (including phenoxy) is 1. The highest BCUT2D eigenvalue weighted by molar-refractivity contribution is 5.90. The normalized spacial score (nSPS) is 10.4. The van der Waals surface area contributed by atoms with Crippen molar-refractivity contribution in [1.82, 2.24) is 4.57 Å². The van der Waals surface area contributed by atoms with E-state index in [-0.39, 0.29) is 11.5 Å². The summed E-state index contributed by atoms with van der Waals surface area (Å²) < 4.78 is 7.51. The minimum absolute atomic E-state index is 0.180. The molecule has 0 radical (unpaired) electrons. The first-order valence-electron chi connectivity index (χ1n) is 8.89. The molecule has 3 aromatic rings. The fraction of sp³-hybridized carbons (Fsp3) is 0.182. The van der Waals surface area contributed by atoms with Crippen LogP contribution in [-0.2, 0) is 11.3 Å². The number of aryl methyl sites for hydroxylation is 1. The topological polar surface area (TPSA) is 60.3 Å². The lowest BCUT2D eigenvalue weighted by Gasteiger charge is -2.13. The van der Waals surface area contributed by atoms with Crippen LogP contribution in [0.25, 0.3) is 0 Å². The molecule has 1 aromatic heterocycles. The smallest absolute Gasteiger partial charge is 0.274 e. The fourth-order valence-corrected chi connectivity index (χ4v) is 2.72. The zero-order valence-electron chi connectivity index (χ0n) is 15.4. The summed E-state index contributed by atoms with van der Waals surface area (Å²) in [6, 6.07) is 20.7. The van der Waals surface area contributed by atoms with E-state index in [9.17, 15) is 9.59 Å². The minimum Gasteiger partial charge on any atom is -0.457 e. The monoisotopic (exact) mass is 362 g/mol.